The second kappa shape index (κ2) is 4.10. The molecule has 0 aliphatic carbocycles. The Hall–Kier alpha value is -0.870. The van der Waals surface area contributed by atoms with E-state index in [0.29, 0.717) is 17.0 Å². The molecule has 4 heteroatoms. The Labute approximate surface area is 102 Å². The summed E-state index contributed by atoms with van der Waals surface area (Å²) in [5.41, 5.74) is 0. The van der Waals surface area contributed by atoms with Crippen molar-refractivity contribution in [3.63, 3.8) is 0 Å². The molecule has 2 aliphatic heterocycles. The largest absolute Gasteiger partial charge is 0.311 e. The van der Waals surface area contributed by atoms with Gasteiger partial charge in [0.1, 0.15) is 0 Å². The van der Waals surface area contributed by atoms with Gasteiger partial charge in [0.2, 0.25) is 0 Å². The molecule has 0 radical (unpaired) electrons. The molecule has 92 valence electrons. The molecule has 17 heavy (non-hydrogen) atoms. The third-order valence-corrected chi connectivity index (χ3v) is 6.13. The molecule has 2 heterocycles. The van der Waals surface area contributed by atoms with E-state index in [9.17, 15) is 8.42 Å². The second-order valence-corrected chi connectivity index (χ2v) is 7.32. The quantitative estimate of drug-likeness (QED) is 0.871. The van der Waals surface area contributed by atoms with Gasteiger partial charge in [0.15, 0.2) is 9.84 Å². The summed E-state index contributed by atoms with van der Waals surface area (Å²) in [6.45, 7) is 0. The van der Waals surface area contributed by atoms with Crippen LogP contribution in [-0.2, 0) is 9.84 Å². The molecule has 1 N–H and O–H groups in total. The van der Waals surface area contributed by atoms with Gasteiger partial charge in [-0.25, -0.2) is 8.42 Å². The highest BCUT2D eigenvalue weighted by Gasteiger charge is 2.39. The van der Waals surface area contributed by atoms with Crippen LogP contribution in [0.2, 0.25) is 0 Å². The Kier molecular flexibility index (Phi) is 2.71. The molecular formula is C13H17NO2S. The first kappa shape index (κ1) is 11.2. The summed E-state index contributed by atoms with van der Waals surface area (Å²) in [6.07, 6.45) is 3.80. The maximum absolute atomic E-state index is 12.5. The fourth-order valence-electron chi connectivity index (χ4n) is 3.06. The van der Waals surface area contributed by atoms with E-state index in [1.807, 2.05) is 6.07 Å². The molecular weight excluding hydrogens is 234 g/mol. The van der Waals surface area contributed by atoms with E-state index in [-0.39, 0.29) is 5.25 Å². The van der Waals surface area contributed by atoms with Crippen molar-refractivity contribution >= 4 is 9.84 Å². The van der Waals surface area contributed by atoms with Gasteiger partial charge in [0.05, 0.1) is 10.1 Å². The first-order chi connectivity index (χ1) is 8.16. The monoisotopic (exact) mass is 251 g/mol. The van der Waals surface area contributed by atoms with Crippen molar-refractivity contribution in [2.75, 3.05) is 0 Å². The highest BCUT2D eigenvalue weighted by atomic mass is 32.2. The molecule has 1 aromatic rings. The number of benzene rings is 1. The summed E-state index contributed by atoms with van der Waals surface area (Å²) >= 11 is 0. The third-order valence-electron chi connectivity index (χ3n) is 3.94. The van der Waals surface area contributed by atoms with Gasteiger partial charge in [0, 0.05) is 12.1 Å². The van der Waals surface area contributed by atoms with Crippen molar-refractivity contribution in [3.05, 3.63) is 30.3 Å². The van der Waals surface area contributed by atoms with Crippen LogP contribution in [-0.4, -0.2) is 25.8 Å². The molecule has 0 saturated carbocycles. The molecule has 2 aliphatic rings. The predicted molar refractivity (Wildman–Crippen MR) is 66.6 cm³/mol. The lowest BCUT2D eigenvalue weighted by Gasteiger charge is -2.28. The summed E-state index contributed by atoms with van der Waals surface area (Å²) in [5.74, 6) is 0. The Morgan fingerprint density at radius 2 is 1.59 bits per heavy atom. The molecule has 0 spiro atoms. The van der Waals surface area contributed by atoms with Gasteiger partial charge in [-0.1, -0.05) is 18.2 Å². The van der Waals surface area contributed by atoms with Crippen molar-refractivity contribution < 1.29 is 8.42 Å². The van der Waals surface area contributed by atoms with E-state index in [1.165, 1.54) is 0 Å². The number of nitrogens with one attached hydrogen (secondary N) is 1. The van der Waals surface area contributed by atoms with Gasteiger partial charge < -0.3 is 5.32 Å². The van der Waals surface area contributed by atoms with Crippen LogP contribution in [0, 0.1) is 0 Å². The molecule has 3 nitrogen and oxygen atoms in total. The zero-order valence-electron chi connectivity index (χ0n) is 9.67. The Morgan fingerprint density at radius 1 is 1.00 bits per heavy atom. The van der Waals surface area contributed by atoms with Crippen LogP contribution in [0.3, 0.4) is 0 Å². The van der Waals surface area contributed by atoms with Crippen molar-refractivity contribution in [2.45, 2.75) is 47.9 Å². The van der Waals surface area contributed by atoms with Gasteiger partial charge in [-0.3, -0.25) is 0 Å². The predicted octanol–water partition coefficient (Wildman–Crippen LogP) is 1.74. The Balaban J connectivity index is 1.89. The highest BCUT2D eigenvalue weighted by molar-refractivity contribution is 7.92. The van der Waals surface area contributed by atoms with E-state index in [1.54, 1.807) is 24.3 Å². The van der Waals surface area contributed by atoms with Crippen molar-refractivity contribution in [3.8, 4) is 0 Å². The van der Waals surface area contributed by atoms with E-state index < -0.39 is 9.84 Å². The molecule has 2 fully saturated rings. The van der Waals surface area contributed by atoms with Gasteiger partial charge in [-0.15, -0.1) is 0 Å². The minimum absolute atomic E-state index is 0.191. The van der Waals surface area contributed by atoms with Crippen molar-refractivity contribution in [1.82, 2.24) is 5.32 Å². The number of hydrogen-bond acceptors (Lipinski definition) is 3. The minimum atomic E-state index is -3.13. The van der Waals surface area contributed by atoms with Crippen molar-refractivity contribution in [2.24, 2.45) is 0 Å². The van der Waals surface area contributed by atoms with Crippen LogP contribution in [0.1, 0.15) is 25.7 Å². The standard InChI is InChI=1S/C13H17NO2S/c15-17(16,12-4-2-1-3-5-12)13-8-10-6-7-11(9-13)14-10/h1-5,10-11,13-14H,6-9H2/t10-,11-/m1/s1. The Morgan fingerprint density at radius 3 is 2.18 bits per heavy atom. The van der Waals surface area contributed by atoms with E-state index in [4.69, 9.17) is 0 Å². The number of rotatable bonds is 2. The molecule has 0 aromatic heterocycles. The van der Waals surface area contributed by atoms with Crippen LogP contribution in [0.25, 0.3) is 0 Å². The molecule has 3 rings (SSSR count). The second-order valence-electron chi connectivity index (χ2n) is 5.09. The maximum atomic E-state index is 12.5. The number of hydrogen-bond donors (Lipinski definition) is 1. The lowest BCUT2D eigenvalue weighted by atomic mass is 10.1. The zero-order chi connectivity index (χ0) is 11.9. The smallest absolute Gasteiger partial charge is 0.181 e. The van der Waals surface area contributed by atoms with Crippen LogP contribution >= 0.6 is 0 Å². The molecule has 2 atom stereocenters. The normalized spacial score (nSPS) is 32.6. The summed E-state index contributed by atoms with van der Waals surface area (Å²) in [6, 6.07) is 9.68. The zero-order valence-corrected chi connectivity index (χ0v) is 10.5. The molecule has 0 amide bonds. The van der Waals surface area contributed by atoms with E-state index in [0.717, 1.165) is 25.7 Å². The number of sulfone groups is 1. The molecule has 0 unspecified atom stereocenters. The topological polar surface area (TPSA) is 46.2 Å². The summed E-state index contributed by atoms with van der Waals surface area (Å²) in [7, 11) is -3.13. The summed E-state index contributed by atoms with van der Waals surface area (Å²) in [5, 5.41) is 3.29. The van der Waals surface area contributed by atoms with E-state index >= 15 is 0 Å². The first-order valence-corrected chi connectivity index (χ1v) is 7.76. The fraction of sp³-hybridized carbons (Fsp3) is 0.538. The van der Waals surface area contributed by atoms with Crippen LogP contribution in [0.4, 0.5) is 0 Å². The van der Waals surface area contributed by atoms with E-state index in [2.05, 4.69) is 5.32 Å². The van der Waals surface area contributed by atoms with Gasteiger partial charge >= 0.3 is 0 Å². The first-order valence-electron chi connectivity index (χ1n) is 6.21. The molecule has 2 saturated heterocycles. The van der Waals surface area contributed by atoms with Gasteiger partial charge in [-0.05, 0) is 37.8 Å². The maximum Gasteiger partial charge on any atom is 0.181 e. The Bertz CT molecular complexity index is 485. The molecule has 1 aromatic carbocycles. The van der Waals surface area contributed by atoms with Crippen molar-refractivity contribution in [1.29, 1.82) is 0 Å². The minimum Gasteiger partial charge on any atom is -0.311 e. The average Bonchev–Trinajstić information content (AvgIpc) is 2.69. The fourth-order valence-corrected chi connectivity index (χ4v) is 4.95. The van der Waals surface area contributed by atoms with Crippen LogP contribution in [0.15, 0.2) is 35.2 Å². The highest BCUT2D eigenvalue weighted by Crippen LogP contribution is 2.33. The molecule has 2 bridgehead atoms. The van der Waals surface area contributed by atoms with Crippen LogP contribution < -0.4 is 5.32 Å². The lowest BCUT2D eigenvalue weighted by molar-refractivity contribution is 0.401. The third kappa shape index (κ3) is 2.00. The summed E-state index contributed by atoms with van der Waals surface area (Å²) < 4.78 is 25.0. The summed E-state index contributed by atoms with van der Waals surface area (Å²) in [4.78, 5) is 0.478. The van der Waals surface area contributed by atoms with Gasteiger partial charge in [0.25, 0.3) is 0 Å². The number of fused-ring (bicyclic) bond motifs is 2. The average molecular weight is 251 g/mol. The van der Waals surface area contributed by atoms with Crippen LogP contribution in [0.5, 0.6) is 0 Å². The lowest BCUT2D eigenvalue weighted by Crippen LogP contribution is -2.43. The number of piperidine rings is 1. The van der Waals surface area contributed by atoms with Gasteiger partial charge in [-0.2, -0.15) is 0 Å². The SMILES string of the molecule is O=S(=O)(c1ccccc1)C1C[C@H]2CC[C@H](C1)N2.